The number of rotatable bonds is 3. The third-order valence-corrected chi connectivity index (χ3v) is 2.74. The van der Waals surface area contributed by atoms with Gasteiger partial charge in [0.2, 0.25) is 0 Å². The van der Waals surface area contributed by atoms with Gasteiger partial charge in [0, 0.05) is 18.2 Å². The molecule has 0 bridgehead atoms. The molecule has 0 amide bonds. The van der Waals surface area contributed by atoms with Crippen LogP contribution in [0.5, 0.6) is 11.5 Å². The molecular weight excluding hydrogens is 206 g/mol. The van der Waals surface area contributed by atoms with E-state index in [-0.39, 0.29) is 6.04 Å². The molecule has 4 heteroatoms. The molecule has 1 saturated heterocycles. The summed E-state index contributed by atoms with van der Waals surface area (Å²) >= 11 is 0. The third kappa shape index (κ3) is 2.28. The molecule has 0 aromatic heterocycles. The first-order valence-electron chi connectivity index (χ1n) is 5.38. The van der Waals surface area contributed by atoms with Crippen molar-refractivity contribution in [2.24, 2.45) is 0 Å². The second-order valence-corrected chi connectivity index (χ2v) is 3.69. The molecular formula is C12H17NO3. The van der Waals surface area contributed by atoms with E-state index in [0.29, 0.717) is 6.61 Å². The van der Waals surface area contributed by atoms with Crippen molar-refractivity contribution in [1.82, 2.24) is 5.32 Å². The fraction of sp³-hybridized carbons (Fsp3) is 0.500. The summed E-state index contributed by atoms with van der Waals surface area (Å²) in [4.78, 5) is 0. The number of ether oxygens (including phenoxy) is 3. The van der Waals surface area contributed by atoms with Gasteiger partial charge in [-0.3, -0.25) is 0 Å². The molecule has 0 radical (unpaired) electrons. The highest BCUT2D eigenvalue weighted by atomic mass is 16.5. The van der Waals surface area contributed by atoms with E-state index in [2.05, 4.69) is 5.32 Å². The minimum Gasteiger partial charge on any atom is -0.497 e. The van der Waals surface area contributed by atoms with E-state index in [1.165, 1.54) is 0 Å². The summed E-state index contributed by atoms with van der Waals surface area (Å²) in [5, 5.41) is 3.40. The van der Waals surface area contributed by atoms with E-state index >= 15 is 0 Å². The molecule has 0 aliphatic carbocycles. The molecule has 1 aliphatic rings. The first kappa shape index (κ1) is 11.2. The largest absolute Gasteiger partial charge is 0.497 e. The quantitative estimate of drug-likeness (QED) is 0.840. The van der Waals surface area contributed by atoms with Crippen molar-refractivity contribution >= 4 is 0 Å². The summed E-state index contributed by atoms with van der Waals surface area (Å²) in [5.74, 6) is 1.64. The van der Waals surface area contributed by atoms with Crippen molar-refractivity contribution < 1.29 is 14.2 Å². The SMILES string of the molecule is COc1ccc([C@H]2COCCN2)c(OC)c1. The topological polar surface area (TPSA) is 39.7 Å². The van der Waals surface area contributed by atoms with Crippen LogP contribution in [0.25, 0.3) is 0 Å². The molecule has 1 atom stereocenters. The summed E-state index contributed by atoms with van der Waals surface area (Å²) in [5.41, 5.74) is 1.11. The number of hydrogen-bond donors (Lipinski definition) is 1. The molecule has 0 saturated carbocycles. The summed E-state index contributed by atoms with van der Waals surface area (Å²) in [6.45, 7) is 2.33. The van der Waals surface area contributed by atoms with E-state index in [0.717, 1.165) is 30.2 Å². The van der Waals surface area contributed by atoms with Crippen LogP contribution < -0.4 is 14.8 Å². The monoisotopic (exact) mass is 223 g/mol. The van der Waals surface area contributed by atoms with Crippen LogP contribution in [0.1, 0.15) is 11.6 Å². The average molecular weight is 223 g/mol. The zero-order chi connectivity index (χ0) is 11.4. The molecule has 88 valence electrons. The lowest BCUT2D eigenvalue weighted by Gasteiger charge is -2.25. The van der Waals surface area contributed by atoms with Gasteiger partial charge in [-0.1, -0.05) is 0 Å². The smallest absolute Gasteiger partial charge is 0.127 e. The Bertz CT molecular complexity index is 348. The summed E-state index contributed by atoms with van der Waals surface area (Å²) in [6.07, 6.45) is 0. The molecule has 0 spiro atoms. The minimum atomic E-state index is 0.203. The zero-order valence-electron chi connectivity index (χ0n) is 9.66. The Labute approximate surface area is 95.5 Å². The Balaban J connectivity index is 2.24. The second-order valence-electron chi connectivity index (χ2n) is 3.69. The molecule has 4 nitrogen and oxygen atoms in total. The number of morpholine rings is 1. The first-order valence-corrected chi connectivity index (χ1v) is 5.38. The normalized spacial score (nSPS) is 20.5. The van der Waals surface area contributed by atoms with Crippen molar-refractivity contribution in [3.8, 4) is 11.5 Å². The van der Waals surface area contributed by atoms with Gasteiger partial charge in [0.15, 0.2) is 0 Å². The molecule has 1 heterocycles. The first-order chi connectivity index (χ1) is 7.85. The van der Waals surface area contributed by atoms with Gasteiger partial charge in [-0.2, -0.15) is 0 Å². The third-order valence-electron chi connectivity index (χ3n) is 2.74. The predicted molar refractivity (Wildman–Crippen MR) is 61.1 cm³/mol. The molecule has 2 rings (SSSR count). The molecule has 1 fully saturated rings. The van der Waals surface area contributed by atoms with Crippen LogP contribution >= 0.6 is 0 Å². The molecule has 1 N–H and O–H groups in total. The maximum atomic E-state index is 5.44. The van der Waals surface area contributed by atoms with Gasteiger partial charge in [0.1, 0.15) is 11.5 Å². The second kappa shape index (κ2) is 5.18. The number of benzene rings is 1. The fourth-order valence-electron chi connectivity index (χ4n) is 1.87. The number of methoxy groups -OCH3 is 2. The van der Waals surface area contributed by atoms with E-state index < -0.39 is 0 Å². The van der Waals surface area contributed by atoms with Crippen molar-refractivity contribution in [1.29, 1.82) is 0 Å². The Kier molecular flexibility index (Phi) is 3.64. The molecule has 0 unspecified atom stereocenters. The maximum absolute atomic E-state index is 5.44. The average Bonchev–Trinajstić information content (AvgIpc) is 2.39. The van der Waals surface area contributed by atoms with Crippen LogP contribution in [-0.2, 0) is 4.74 Å². The van der Waals surface area contributed by atoms with Gasteiger partial charge in [-0.05, 0) is 12.1 Å². The maximum Gasteiger partial charge on any atom is 0.127 e. The molecule has 1 aliphatic heterocycles. The van der Waals surface area contributed by atoms with Crippen molar-refractivity contribution in [2.45, 2.75) is 6.04 Å². The lowest BCUT2D eigenvalue weighted by Crippen LogP contribution is -2.34. The molecule has 16 heavy (non-hydrogen) atoms. The van der Waals surface area contributed by atoms with Crippen LogP contribution in [0.4, 0.5) is 0 Å². The van der Waals surface area contributed by atoms with Gasteiger partial charge in [0.05, 0.1) is 33.5 Å². The minimum absolute atomic E-state index is 0.203. The van der Waals surface area contributed by atoms with Crippen molar-refractivity contribution in [3.63, 3.8) is 0 Å². The van der Waals surface area contributed by atoms with Gasteiger partial charge < -0.3 is 19.5 Å². The van der Waals surface area contributed by atoms with E-state index in [1.54, 1.807) is 14.2 Å². The van der Waals surface area contributed by atoms with Crippen LogP contribution in [0.3, 0.4) is 0 Å². The van der Waals surface area contributed by atoms with E-state index in [1.807, 2.05) is 18.2 Å². The zero-order valence-corrected chi connectivity index (χ0v) is 9.66. The molecule has 1 aromatic rings. The van der Waals surface area contributed by atoms with Crippen LogP contribution in [-0.4, -0.2) is 34.0 Å². The van der Waals surface area contributed by atoms with Crippen LogP contribution in [0.2, 0.25) is 0 Å². The van der Waals surface area contributed by atoms with Gasteiger partial charge in [0.25, 0.3) is 0 Å². The lowest BCUT2D eigenvalue weighted by atomic mass is 10.1. The Morgan fingerprint density at radius 2 is 2.19 bits per heavy atom. The van der Waals surface area contributed by atoms with Crippen molar-refractivity contribution in [2.75, 3.05) is 34.0 Å². The summed E-state index contributed by atoms with van der Waals surface area (Å²) in [7, 11) is 3.32. The highest BCUT2D eigenvalue weighted by Gasteiger charge is 2.19. The standard InChI is InChI=1S/C12H17NO3/c1-14-9-3-4-10(12(7-9)15-2)11-8-16-6-5-13-11/h3-4,7,11,13H,5-6,8H2,1-2H3/t11-/m1/s1. The lowest BCUT2D eigenvalue weighted by molar-refractivity contribution is 0.0760. The summed E-state index contributed by atoms with van der Waals surface area (Å²) < 4.78 is 16.0. The number of hydrogen-bond acceptors (Lipinski definition) is 4. The van der Waals surface area contributed by atoms with Crippen LogP contribution in [0, 0.1) is 0 Å². The fourth-order valence-corrected chi connectivity index (χ4v) is 1.87. The predicted octanol–water partition coefficient (Wildman–Crippen LogP) is 1.36. The van der Waals surface area contributed by atoms with E-state index in [4.69, 9.17) is 14.2 Å². The Morgan fingerprint density at radius 3 is 2.81 bits per heavy atom. The molecule has 1 aromatic carbocycles. The highest BCUT2D eigenvalue weighted by molar-refractivity contribution is 5.42. The van der Waals surface area contributed by atoms with Gasteiger partial charge in [-0.25, -0.2) is 0 Å². The summed E-state index contributed by atoms with van der Waals surface area (Å²) in [6, 6.07) is 6.05. The van der Waals surface area contributed by atoms with Crippen molar-refractivity contribution in [3.05, 3.63) is 23.8 Å². The Morgan fingerprint density at radius 1 is 1.31 bits per heavy atom. The Hall–Kier alpha value is -1.26. The van der Waals surface area contributed by atoms with Crippen LogP contribution in [0.15, 0.2) is 18.2 Å². The van der Waals surface area contributed by atoms with Gasteiger partial charge >= 0.3 is 0 Å². The van der Waals surface area contributed by atoms with Gasteiger partial charge in [-0.15, -0.1) is 0 Å². The number of nitrogens with one attached hydrogen (secondary N) is 1. The van der Waals surface area contributed by atoms with E-state index in [9.17, 15) is 0 Å². The highest BCUT2D eigenvalue weighted by Crippen LogP contribution is 2.30.